The number of aliphatic hydroxyl groups is 1. The Balaban J connectivity index is 2.14. The monoisotopic (exact) mass is 313 g/mol. The van der Waals surface area contributed by atoms with E-state index in [-0.39, 0.29) is 12.5 Å². The molecule has 0 saturated carbocycles. The van der Waals surface area contributed by atoms with Gasteiger partial charge in [-0.2, -0.15) is 0 Å². The van der Waals surface area contributed by atoms with E-state index in [4.69, 9.17) is 0 Å². The number of hydrogen-bond donors (Lipinski definition) is 3. The maximum atomic E-state index is 12.6. The predicted molar refractivity (Wildman–Crippen MR) is 93.1 cm³/mol. The average Bonchev–Trinajstić information content (AvgIpc) is 2.56. The molecule has 2 aromatic rings. The van der Waals surface area contributed by atoms with Crippen LogP contribution in [0.2, 0.25) is 0 Å². The van der Waals surface area contributed by atoms with Gasteiger partial charge in [0.05, 0.1) is 17.4 Å². The summed E-state index contributed by atoms with van der Waals surface area (Å²) in [5.41, 5.74) is 2.25. The van der Waals surface area contributed by atoms with Crippen LogP contribution in [0.4, 0.5) is 11.4 Å². The van der Waals surface area contributed by atoms with Crippen molar-refractivity contribution in [1.29, 1.82) is 0 Å². The fraction of sp³-hybridized carbons (Fsp3) is 0.278. The Hall–Kier alpha value is -2.37. The van der Waals surface area contributed by atoms with E-state index < -0.39 is 6.10 Å². The highest BCUT2D eigenvalue weighted by atomic mass is 16.3. The summed E-state index contributed by atoms with van der Waals surface area (Å²) in [5.74, 6) is -0.126. The molecule has 122 valence electrons. The van der Waals surface area contributed by atoms with Crippen molar-refractivity contribution < 1.29 is 9.90 Å². The van der Waals surface area contributed by atoms with Gasteiger partial charge in [0.15, 0.2) is 0 Å². The molecule has 0 heterocycles. The molecule has 2 aromatic carbocycles. The average molecular weight is 313 g/mol. The number of aliphatic hydroxyl groups excluding tert-OH is 1. The molecule has 0 saturated heterocycles. The van der Waals surface area contributed by atoms with Gasteiger partial charge in [0, 0.05) is 25.8 Å². The van der Waals surface area contributed by atoms with E-state index in [9.17, 15) is 9.90 Å². The highest BCUT2D eigenvalue weighted by Gasteiger charge is 2.18. The van der Waals surface area contributed by atoms with Crippen LogP contribution < -0.4 is 10.6 Å². The molecule has 3 N–H and O–H groups in total. The summed E-state index contributed by atoms with van der Waals surface area (Å²) in [6, 6.07) is 17.1. The van der Waals surface area contributed by atoms with E-state index >= 15 is 0 Å². The number of anilines is 2. The standard InChI is InChI=1S/C18H23N3O2/c1-19-12-15(22)13-21(2)18(23)16-10-6-7-11-17(16)20-14-8-4-3-5-9-14/h3-11,15,19-20,22H,12-13H2,1-2H3. The van der Waals surface area contributed by atoms with Crippen LogP contribution in [0.25, 0.3) is 0 Å². The summed E-state index contributed by atoms with van der Waals surface area (Å²) in [7, 11) is 3.46. The highest BCUT2D eigenvalue weighted by molar-refractivity contribution is 6.00. The van der Waals surface area contributed by atoms with E-state index in [1.165, 1.54) is 4.90 Å². The zero-order valence-corrected chi connectivity index (χ0v) is 13.5. The van der Waals surface area contributed by atoms with Crippen LogP contribution in [0.3, 0.4) is 0 Å². The molecule has 5 heteroatoms. The number of likely N-dealkylation sites (N-methyl/N-ethyl adjacent to an activating group) is 2. The van der Waals surface area contributed by atoms with Gasteiger partial charge in [-0.05, 0) is 31.3 Å². The molecule has 1 unspecified atom stereocenters. The number of carbonyl (C=O) groups excluding carboxylic acids is 1. The van der Waals surface area contributed by atoms with E-state index in [0.29, 0.717) is 12.1 Å². The lowest BCUT2D eigenvalue weighted by Gasteiger charge is -2.22. The lowest BCUT2D eigenvalue weighted by atomic mass is 10.1. The Morgan fingerprint density at radius 2 is 1.78 bits per heavy atom. The van der Waals surface area contributed by atoms with E-state index in [0.717, 1.165) is 11.4 Å². The molecule has 23 heavy (non-hydrogen) atoms. The van der Waals surface area contributed by atoms with E-state index in [1.807, 2.05) is 48.5 Å². The molecule has 0 aromatic heterocycles. The Morgan fingerprint density at radius 1 is 1.13 bits per heavy atom. The second-order valence-electron chi connectivity index (χ2n) is 5.43. The van der Waals surface area contributed by atoms with Gasteiger partial charge in [0.1, 0.15) is 0 Å². The molecule has 1 atom stereocenters. The second-order valence-corrected chi connectivity index (χ2v) is 5.43. The third-order valence-corrected chi connectivity index (χ3v) is 3.48. The maximum absolute atomic E-state index is 12.6. The Kier molecular flexibility index (Phi) is 6.14. The molecule has 0 aliphatic heterocycles. The van der Waals surface area contributed by atoms with Gasteiger partial charge < -0.3 is 20.6 Å². The number of nitrogens with one attached hydrogen (secondary N) is 2. The minimum Gasteiger partial charge on any atom is -0.390 e. The Morgan fingerprint density at radius 3 is 2.48 bits per heavy atom. The van der Waals surface area contributed by atoms with Crippen molar-refractivity contribution in [1.82, 2.24) is 10.2 Å². The Labute approximate surface area is 136 Å². The molecule has 0 fully saturated rings. The fourth-order valence-corrected chi connectivity index (χ4v) is 2.36. The zero-order valence-electron chi connectivity index (χ0n) is 13.5. The first kappa shape index (κ1) is 17.0. The summed E-state index contributed by atoms with van der Waals surface area (Å²) in [4.78, 5) is 14.2. The number of nitrogens with zero attached hydrogens (tertiary/aromatic N) is 1. The number of amides is 1. The van der Waals surface area contributed by atoms with Gasteiger partial charge in [-0.15, -0.1) is 0 Å². The van der Waals surface area contributed by atoms with Gasteiger partial charge in [0.2, 0.25) is 0 Å². The van der Waals surface area contributed by atoms with Crippen molar-refractivity contribution in [3.63, 3.8) is 0 Å². The number of rotatable bonds is 7. The fourth-order valence-electron chi connectivity index (χ4n) is 2.36. The summed E-state index contributed by atoms with van der Waals surface area (Å²) >= 11 is 0. The first-order chi connectivity index (χ1) is 11.1. The minimum absolute atomic E-state index is 0.126. The minimum atomic E-state index is -0.594. The molecule has 0 aliphatic rings. The van der Waals surface area contributed by atoms with E-state index in [1.54, 1.807) is 20.2 Å². The van der Waals surface area contributed by atoms with Crippen LogP contribution in [-0.4, -0.2) is 49.2 Å². The van der Waals surface area contributed by atoms with Crippen LogP contribution in [0.5, 0.6) is 0 Å². The number of para-hydroxylation sites is 2. The van der Waals surface area contributed by atoms with Crippen LogP contribution in [0.15, 0.2) is 54.6 Å². The molecule has 0 aliphatic carbocycles. The topological polar surface area (TPSA) is 64.6 Å². The molecule has 0 radical (unpaired) electrons. The smallest absolute Gasteiger partial charge is 0.255 e. The first-order valence-corrected chi connectivity index (χ1v) is 7.61. The van der Waals surface area contributed by atoms with Gasteiger partial charge >= 0.3 is 0 Å². The van der Waals surface area contributed by atoms with Crippen molar-refractivity contribution in [3.8, 4) is 0 Å². The van der Waals surface area contributed by atoms with Gasteiger partial charge in [-0.1, -0.05) is 30.3 Å². The highest BCUT2D eigenvalue weighted by Crippen LogP contribution is 2.21. The molecular weight excluding hydrogens is 290 g/mol. The van der Waals surface area contributed by atoms with Crippen LogP contribution in [0.1, 0.15) is 10.4 Å². The summed E-state index contributed by atoms with van der Waals surface area (Å²) in [5, 5.41) is 16.0. The largest absolute Gasteiger partial charge is 0.390 e. The van der Waals surface area contributed by atoms with Gasteiger partial charge in [0.25, 0.3) is 5.91 Å². The predicted octanol–water partition coefficient (Wildman–Crippen LogP) is 2.08. The normalized spacial score (nSPS) is 11.8. The van der Waals surface area contributed by atoms with Crippen molar-refractivity contribution in [2.24, 2.45) is 0 Å². The first-order valence-electron chi connectivity index (χ1n) is 7.61. The number of carbonyl (C=O) groups is 1. The second kappa shape index (κ2) is 8.31. The third-order valence-electron chi connectivity index (χ3n) is 3.48. The van der Waals surface area contributed by atoms with Crippen molar-refractivity contribution in [2.45, 2.75) is 6.10 Å². The molecule has 2 rings (SSSR count). The Bertz CT molecular complexity index is 631. The van der Waals surface area contributed by atoms with Crippen molar-refractivity contribution in [2.75, 3.05) is 32.5 Å². The SMILES string of the molecule is CNCC(O)CN(C)C(=O)c1ccccc1Nc1ccccc1. The number of benzene rings is 2. The summed E-state index contributed by atoms with van der Waals surface area (Å²) in [6.45, 7) is 0.723. The molecule has 0 bridgehead atoms. The lowest BCUT2D eigenvalue weighted by molar-refractivity contribution is 0.0684. The van der Waals surface area contributed by atoms with Gasteiger partial charge in [-0.25, -0.2) is 0 Å². The number of hydrogen-bond acceptors (Lipinski definition) is 4. The lowest BCUT2D eigenvalue weighted by Crippen LogP contribution is -2.38. The quantitative estimate of drug-likeness (QED) is 0.732. The summed E-state index contributed by atoms with van der Waals surface area (Å²) < 4.78 is 0. The maximum Gasteiger partial charge on any atom is 0.255 e. The van der Waals surface area contributed by atoms with Crippen molar-refractivity contribution >= 4 is 17.3 Å². The van der Waals surface area contributed by atoms with Crippen LogP contribution in [-0.2, 0) is 0 Å². The van der Waals surface area contributed by atoms with Gasteiger partial charge in [-0.3, -0.25) is 4.79 Å². The molecule has 5 nitrogen and oxygen atoms in total. The van der Waals surface area contributed by atoms with E-state index in [2.05, 4.69) is 10.6 Å². The zero-order chi connectivity index (χ0) is 16.7. The summed E-state index contributed by atoms with van der Waals surface area (Å²) in [6.07, 6.45) is -0.594. The van der Waals surface area contributed by atoms with Crippen LogP contribution in [0, 0.1) is 0 Å². The third kappa shape index (κ3) is 4.81. The van der Waals surface area contributed by atoms with Crippen molar-refractivity contribution in [3.05, 3.63) is 60.2 Å². The molecular formula is C18H23N3O2. The van der Waals surface area contributed by atoms with Crippen LogP contribution >= 0.6 is 0 Å². The molecule has 1 amide bonds. The molecule has 0 spiro atoms.